The molecule has 0 saturated carbocycles. The van der Waals surface area contributed by atoms with Crippen molar-refractivity contribution < 1.29 is 14.3 Å². The maximum absolute atomic E-state index is 12.6. The van der Waals surface area contributed by atoms with Gasteiger partial charge in [0.15, 0.2) is 18.1 Å². The van der Waals surface area contributed by atoms with Crippen molar-refractivity contribution in [2.24, 2.45) is 0 Å². The summed E-state index contributed by atoms with van der Waals surface area (Å²) in [4.78, 5) is 31.3. The first-order valence-electron chi connectivity index (χ1n) is 10.4. The zero-order chi connectivity index (χ0) is 24.1. The summed E-state index contributed by atoms with van der Waals surface area (Å²) in [5, 5.41) is 7.28. The second-order valence-electron chi connectivity index (χ2n) is 7.37. The summed E-state index contributed by atoms with van der Waals surface area (Å²) < 4.78 is 6.80. The van der Waals surface area contributed by atoms with Crippen molar-refractivity contribution in [3.8, 4) is 5.82 Å². The number of rotatable bonds is 7. The largest absolute Gasteiger partial charge is 0.451 e. The van der Waals surface area contributed by atoms with Crippen LogP contribution in [0.25, 0.3) is 5.82 Å². The number of pyridine rings is 1. The van der Waals surface area contributed by atoms with E-state index in [0.717, 1.165) is 21.2 Å². The van der Waals surface area contributed by atoms with E-state index < -0.39 is 18.5 Å². The highest BCUT2D eigenvalue weighted by atomic mass is 35.5. The Morgan fingerprint density at radius 3 is 2.50 bits per heavy atom. The number of para-hydroxylation sites is 1. The van der Waals surface area contributed by atoms with E-state index in [1.807, 2.05) is 68.4 Å². The molecule has 2 aromatic heterocycles. The van der Waals surface area contributed by atoms with Crippen molar-refractivity contribution in [2.75, 3.05) is 11.9 Å². The summed E-state index contributed by atoms with van der Waals surface area (Å²) in [6.07, 6.45) is 0. The highest BCUT2D eigenvalue weighted by molar-refractivity contribution is 7.99. The molecule has 1 amide bonds. The number of ether oxygens (including phenoxy) is 1. The van der Waals surface area contributed by atoms with Crippen LogP contribution in [0.1, 0.15) is 21.9 Å². The molecule has 0 atom stereocenters. The minimum Gasteiger partial charge on any atom is -0.451 e. The molecular weight excluding hydrogens is 472 g/mol. The smallest absolute Gasteiger partial charge is 0.359 e. The van der Waals surface area contributed by atoms with Crippen molar-refractivity contribution in [3.63, 3.8) is 0 Å². The normalized spacial score (nSPS) is 10.7. The number of aromatic nitrogens is 3. The lowest BCUT2D eigenvalue weighted by Gasteiger charge is -2.11. The quantitative estimate of drug-likeness (QED) is 0.343. The molecule has 2 aromatic carbocycles. The maximum atomic E-state index is 12.6. The van der Waals surface area contributed by atoms with Gasteiger partial charge in [0.05, 0.1) is 16.4 Å². The number of hydrogen-bond donors (Lipinski definition) is 1. The van der Waals surface area contributed by atoms with E-state index in [4.69, 9.17) is 16.3 Å². The number of hydrogen-bond acceptors (Lipinski definition) is 6. The standard InChI is InChI=1S/C25H21ClN4O3S/c1-16-14-17(2)30(29-16)22-13-12-19(26)24(28-22)25(32)33-15-23(31)27-20-10-6-7-11-21(20)34-18-8-4-3-5-9-18/h3-14H,15H2,1-2H3,(H,27,31). The number of carbonyl (C=O) groups excluding carboxylic acids is 2. The summed E-state index contributed by atoms with van der Waals surface area (Å²) >= 11 is 7.69. The Morgan fingerprint density at radius 2 is 1.76 bits per heavy atom. The average molecular weight is 493 g/mol. The van der Waals surface area contributed by atoms with Crippen molar-refractivity contribution >= 4 is 40.9 Å². The summed E-state index contributed by atoms with van der Waals surface area (Å²) in [7, 11) is 0. The van der Waals surface area contributed by atoms with Gasteiger partial charge in [-0.2, -0.15) is 5.10 Å². The van der Waals surface area contributed by atoms with Gasteiger partial charge in [-0.1, -0.05) is 53.7 Å². The van der Waals surface area contributed by atoms with Gasteiger partial charge in [0.1, 0.15) is 0 Å². The summed E-state index contributed by atoms with van der Waals surface area (Å²) in [5.74, 6) is -0.839. The van der Waals surface area contributed by atoms with Crippen LogP contribution < -0.4 is 5.32 Å². The van der Waals surface area contributed by atoms with Crippen LogP contribution >= 0.6 is 23.4 Å². The molecule has 0 aliphatic rings. The Morgan fingerprint density at radius 1 is 1.03 bits per heavy atom. The zero-order valence-electron chi connectivity index (χ0n) is 18.5. The maximum Gasteiger partial charge on any atom is 0.359 e. The van der Waals surface area contributed by atoms with Gasteiger partial charge < -0.3 is 10.1 Å². The third-order valence-electron chi connectivity index (χ3n) is 4.72. The zero-order valence-corrected chi connectivity index (χ0v) is 20.1. The van der Waals surface area contributed by atoms with E-state index in [-0.39, 0.29) is 10.7 Å². The van der Waals surface area contributed by atoms with Gasteiger partial charge in [-0.25, -0.2) is 14.5 Å². The first kappa shape index (κ1) is 23.5. The number of nitrogens with one attached hydrogen (secondary N) is 1. The fourth-order valence-electron chi connectivity index (χ4n) is 3.21. The lowest BCUT2D eigenvalue weighted by molar-refractivity contribution is -0.119. The van der Waals surface area contributed by atoms with Crippen LogP contribution in [0.5, 0.6) is 0 Å². The molecule has 172 valence electrons. The van der Waals surface area contributed by atoms with Gasteiger partial charge in [0, 0.05) is 15.5 Å². The van der Waals surface area contributed by atoms with E-state index in [1.165, 1.54) is 11.8 Å². The Bertz CT molecular complexity index is 1340. The van der Waals surface area contributed by atoms with Gasteiger partial charge in [0.2, 0.25) is 0 Å². The van der Waals surface area contributed by atoms with E-state index in [9.17, 15) is 9.59 Å². The number of aryl methyl sites for hydroxylation is 2. The summed E-state index contributed by atoms with van der Waals surface area (Å²) in [6, 6.07) is 22.3. The van der Waals surface area contributed by atoms with Gasteiger partial charge >= 0.3 is 5.97 Å². The molecule has 9 heteroatoms. The molecule has 1 N–H and O–H groups in total. The van der Waals surface area contributed by atoms with Gasteiger partial charge in [-0.05, 0) is 56.3 Å². The molecule has 0 aliphatic carbocycles. The van der Waals surface area contributed by atoms with Gasteiger partial charge in [0.25, 0.3) is 5.91 Å². The molecule has 0 fully saturated rings. The highest BCUT2D eigenvalue weighted by Crippen LogP contribution is 2.33. The highest BCUT2D eigenvalue weighted by Gasteiger charge is 2.18. The number of nitrogens with zero attached hydrogens (tertiary/aromatic N) is 3. The monoisotopic (exact) mass is 492 g/mol. The lowest BCUT2D eigenvalue weighted by Crippen LogP contribution is -2.22. The van der Waals surface area contributed by atoms with E-state index in [1.54, 1.807) is 22.9 Å². The second-order valence-corrected chi connectivity index (χ2v) is 8.90. The molecule has 0 saturated heterocycles. The topological polar surface area (TPSA) is 86.1 Å². The van der Waals surface area contributed by atoms with Gasteiger partial charge in [-0.15, -0.1) is 0 Å². The number of carbonyl (C=O) groups is 2. The Hall–Kier alpha value is -3.62. The molecule has 0 radical (unpaired) electrons. The van der Waals surface area contributed by atoms with E-state index in [0.29, 0.717) is 11.5 Å². The molecule has 0 spiro atoms. The number of amides is 1. The molecule has 2 heterocycles. The molecule has 0 aliphatic heterocycles. The molecule has 0 bridgehead atoms. The van der Waals surface area contributed by atoms with Crippen LogP contribution in [-0.4, -0.2) is 33.2 Å². The van der Waals surface area contributed by atoms with Crippen molar-refractivity contribution in [1.29, 1.82) is 0 Å². The first-order chi connectivity index (χ1) is 16.4. The molecule has 7 nitrogen and oxygen atoms in total. The van der Waals surface area contributed by atoms with Crippen LogP contribution in [0, 0.1) is 13.8 Å². The van der Waals surface area contributed by atoms with Crippen molar-refractivity contribution in [1.82, 2.24) is 14.8 Å². The second kappa shape index (κ2) is 10.5. The number of anilines is 1. The minimum atomic E-state index is -0.796. The first-order valence-corrected chi connectivity index (χ1v) is 11.6. The fourth-order valence-corrected chi connectivity index (χ4v) is 4.32. The summed E-state index contributed by atoms with van der Waals surface area (Å²) in [6.45, 7) is 3.27. The molecule has 4 aromatic rings. The molecule has 34 heavy (non-hydrogen) atoms. The third kappa shape index (κ3) is 5.65. The van der Waals surface area contributed by atoms with Crippen LogP contribution in [-0.2, 0) is 9.53 Å². The fraction of sp³-hybridized carbons (Fsp3) is 0.120. The summed E-state index contributed by atoms with van der Waals surface area (Å²) in [5.41, 5.74) is 2.22. The predicted molar refractivity (Wildman–Crippen MR) is 132 cm³/mol. The van der Waals surface area contributed by atoms with Crippen molar-refractivity contribution in [2.45, 2.75) is 23.6 Å². The van der Waals surface area contributed by atoms with Gasteiger partial charge in [-0.3, -0.25) is 4.79 Å². The van der Waals surface area contributed by atoms with E-state index in [2.05, 4.69) is 15.4 Å². The Kier molecular flexibility index (Phi) is 7.30. The lowest BCUT2D eigenvalue weighted by atomic mass is 10.3. The van der Waals surface area contributed by atoms with Crippen LogP contribution in [0.3, 0.4) is 0 Å². The number of halogens is 1. The Balaban J connectivity index is 1.42. The van der Waals surface area contributed by atoms with Crippen LogP contribution in [0.2, 0.25) is 5.02 Å². The molecular formula is C25H21ClN4O3S. The molecule has 0 unspecified atom stereocenters. The van der Waals surface area contributed by atoms with E-state index >= 15 is 0 Å². The van der Waals surface area contributed by atoms with Crippen molar-refractivity contribution in [3.05, 3.63) is 94.9 Å². The van der Waals surface area contributed by atoms with Crippen LogP contribution in [0.4, 0.5) is 5.69 Å². The molecule has 4 rings (SSSR count). The third-order valence-corrected chi connectivity index (χ3v) is 6.11. The number of esters is 1. The van der Waals surface area contributed by atoms with Crippen LogP contribution in [0.15, 0.2) is 82.6 Å². The average Bonchev–Trinajstić information content (AvgIpc) is 3.17. The number of benzene rings is 2. The minimum absolute atomic E-state index is 0.0837. The Labute approximate surface area is 206 Å². The SMILES string of the molecule is Cc1cc(C)n(-c2ccc(Cl)c(C(=O)OCC(=O)Nc3ccccc3Sc3ccccc3)n2)n1. The predicted octanol–water partition coefficient (Wildman–Crippen LogP) is 5.48.